The summed E-state index contributed by atoms with van der Waals surface area (Å²) in [6.45, 7) is 8.10. The maximum absolute atomic E-state index is 12.6. The van der Waals surface area contributed by atoms with Gasteiger partial charge in [-0.1, -0.05) is 30.3 Å². The van der Waals surface area contributed by atoms with Crippen molar-refractivity contribution in [2.75, 3.05) is 13.1 Å². The summed E-state index contributed by atoms with van der Waals surface area (Å²) in [7, 11) is 0. The van der Waals surface area contributed by atoms with Crippen molar-refractivity contribution in [2.45, 2.75) is 45.2 Å². The van der Waals surface area contributed by atoms with E-state index < -0.39 is 0 Å². The summed E-state index contributed by atoms with van der Waals surface area (Å²) in [4.78, 5) is 14.9. The van der Waals surface area contributed by atoms with Crippen LogP contribution in [0, 0.1) is 0 Å². The third-order valence-corrected chi connectivity index (χ3v) is 3.37. The summed E-state index contributed by atoms with van der Waals surface area (Å²) in [5.41, 5.74) is 0.898. The van der Waals surface area contributed by atoms with Gasteiger partial charge in [-0.25, -0.2) is 0 Å². The highest BCUT2D eigenvalue weighted by molar-refractivity contribution is 5.83. The minimum Gasteiger partial charge on any atom is -0.350 e. The fourth-order valence-electron chi connectivity index (χ4n) is 2.60. The number of benzene rings is 1. The molecular weight excluding hydrogens is 236 g/mol. The topological polar surface area (TPSA) is 32.3 Å². The predicted molar refractivity (Wildman–Crippen MR) is 77.9 cm³/mol. The molecule has 3 nitrogen and oxygen atoms in total. The van der Waals surface area contributed by atoms with Crippen molar-refractivity contribution in [2.24, 2.45) is 0 Å². The van der Waals surface area contributed by atoms with Gasteiger partial charge in [0.05, 0.1) is 0 Å². The van der Waals surface area contributed by atoms with E-state index in [1.54, 1.807) is 0 Å². The first-order valence-electron chi connectivity index (χ1n) is 7.08. The molecule has 1 unspecified atom stereocenters. The van der Waals surface area contributed by atoms with E-state index in [1.807, 2.05) is 51.1 Å². The van der Waals surface area contributed by atoms with Crippen LogP contribution in [0.5, 0.6) is 0 Å². The minimum atomic E-state index is -0.191. The van der Waals surface area contributed by atoms with Gasteiger partial charge >= 0.3 is 0 Å². The second kappa shape index (κ2) is 5.74. The normalized spacial score (nSPS) is 18.3. The molecule has 0 spiro atoms. The largest absolute Gasteiger partial charge is 0.350 e. The molecule has 1 saturated heterocycles. The summed E-state index contributed by atoms with van der Waals surface area (Å²) in [5.74, 6) is 0.112. The van der Waals surface area contributed by atoms with Crippen LogP contribution in [0.1, 0.15) is 45.2 Å². The Morgan fingerprint density at radius 2 is 1.74 bits per heavy atom. The molecule has 19 heavy (non-hydrogen) atoms. The van der Waals surface area contributed by atoms with Crippen molar-refractivity contribution in [1.29, 1.82) is 0 Å². The maximum Gasteiger partial charge on any atom is 0.242 e. The van der Waals surface area contributed by atoms with Crippen molar-refractivity contribution in [3.63, 3.8) is 0 Å². The smallest absolute Gasteiger partial charge is 0.242 e. The van der Waals surface area contributed by atoms with Crippen LogP contribution >= 0.6 is 0 Å². The van der Waals surface area contributed by atoms with Crippen molar-refractivity contribution < 1.29 is 4.79 Å². The SMILES string of the molecule is CC(C)(C)NC(=O)C(c1ccccc1)N1CCCC1. The van der Waals surface area contributed by atoms with Crippen molar-refractivity contribution in [3.05, 3.63) is 35.9 Å². The van der Waals surface area contributed by atoms with Crippen LogP contribution in [0.3, 0.4) is 0 Å². The second-order valence-electron chi connectivity index (χ2n) is 6.30. The molecule has 3 heteroatoms. The minimum absolute atomic E-state index is 0.112. The lowest BCUT2D eigenvalue weighted by Gasteiger charge is -2.30. The van der Waals surface area contributed by atoms with Crippen molar-refractivity contribution in [1.82, 2.24) is 10.2 Å². The molecule has 1 aromatic rings. The zero-order valence-electron chi connectivity index (χ0n) is 12.1. The molecule has 1 aliphatic rings. The molecule has 0 saturated carbocycles. The highest BCUT2D eigenvalue weighted by Crippen LogP contribution is 2.25. The fourth-order valence-corrected chi connectivity index (χ4v) is 2.60. The number of hydrogen-bond donors (Lipinski definition) is 1. The Kier molecular flexibility index (Phi) is 4.25. The van der Waals surface area contributed by atoms with Gasteiger partial charge in [0, 0.05) is 5.54 Å². The summed E-state index contributed by atoms with van der Waals surface area (Å²) in [6.07, 6.45) is 2.37. The third-order valence-electron chi connectivity index (χ3n) is 3.37. The first kappa shape index (κ1) is 14.1. The molecule has 0 aromatic heterocycles. The van der Waals surface area contributed by atoms with Crippen LogP contribution in [0.15, 0.2) is 30.3 Å². The van der Waals surface area contributed by atoms with E-state index in [9.17, 15) is 4.79 Å². The lowest BCUT2D eigenvalue weighted by atomic mass is 10.0. The third kappa shape index (κ3) is 3.80. The molecule has 1 atom stereocenters. The molecule has 1 aliphatic heterocycles. The molecule has 0 aliphatic carbocycles. The summed E-state index contributed by atoms with van der Waals surface area (Å²) < 4.78 is 0. The van der Waals surface area contributed by atoms with E-state index >= 15 is 0 Å². The monoisotopic (exact) mass is 260 g/mol. The van der Waals surface area contributed by atoms with Crippen LogP contribution in [-0.2, 0) is 4.79 Å². The number of carbonyl (C=O) groups excluding carboxylic acids is 1. The Hall–Kier alpha value is -1.35. The zero-order chi connectivity index (χ0) is 13.9. The molecule has 1 aromatic carbocycles. The second-order valence-corrected chi connectivity index (χ2v) is 6.30. The molecule has 1 heterocycles. The number of nitrogens with zero attached hydrogens (tertiary/aromatic N) is 1. The molecule has 0 bridgehead atoms. The van der Waals surface area contributed by atoms with Gasteiger partial charge in [-0.3, -0.25) is 9.69 Å². The number of amides is 1. The van der Waals surface area contributed by atoms with Gasteiger partial charge in [0.25, 0.3) is 0 Å². The van der Waals surface area contributed by atoms with E-state index in [-0.39, 0.29) is 17.5 Å². The molecule has 0 radical (unpaired) electrons. The Balaban J connectivity index is 2.22. The van der Waals surface area contributed by atoms with Gasteiger partial charge in [0.1, 0.15) is 6.04 Å². The highest BCUT2D eigenvalue weighted by atomic mass is 16.2. The quantitative estimate of drug-likeness (QED) is 0.906. The van der Waals surface area contributed by atoms with E-state index in [0.29, 0.717) is 0 Å². The zero-order valence-corrected chi connectivity index (χ0v) is 12.1. The first-order chi connectivity index (χ1) is 8.97. The van der Waals surface area contributed by atoms with Crippen LogP contribution < -0.4 is 5.32 Å². The van der Waals surface area contributed by atoms with Gasteiger partial charge in [-0.15, -0.1) is 0 Å². The number of carbonyl (C=O) groups is 1. The van der Waals surface area contributed by atoms with Gasteiger partial charge in [0.2, 0.25) is 5.91 Å². The van der Waals surface area contributed by atoms with Gasteiger partial charge in [-0.05, 0) is 52.3 Å². The Morgan fingerprint density at radius 3 is 2.26 bits per heavy atom. The lowest BCUT2D eigenvalue weighted by Crippen LogP contribution is -2.47. The van der Waals surface area contributed by atoms with Crippen molar-refractivity contribution in [3.8, 4) is 0 Å². The van der Waals surface area contributed by atoms with Crippen molar-refractivity contribution >= 4 is 5.91 Å². The van der Waals surface area contributed by atoms with Crippen LogP contribution in [-0.4, -0.2) is 29.4 Å². The van der Waals surface area contributed by atoms with Crippen LogP contribution in [0.2, 0.25) is 0 Å². The molecule has 2 rings (SSSR count). The standard InChI is InChI=1S/C16H24N2O/c1-16(2,3)17-15(19)14(18-11-7-8-12-18)13-9-5-4-6-10-13/h4-6,9-10,14H,7-8,11-12H2,1-3H3,(H,17,19). The van der Waals surface area contributed by atoms with E-state index in [4.69, 9.17) is 0 Å². The maximum atomic E-state index is 12.6. The number of rotatable bonds is 3. The van der Waals surface area contributed by atoms with Gasteiger partial charge in [0.15, 0.2) is 0 Å². The highest BCUT2D eigenvalue weighted by Gasteiger charge is 2.31. The first-order valence-corrected chi connectivity index (χ1v) is 7.08. The molecule has 1 fully saturated rings. The summed E-state index contributed by atoms with van der Waals surface area (Å²) >= 11 is 0. The number of likely N-dealkylation sites (tertiary alicyclic amines) is 1. The molecule has 104 valence electrons. The van der Waals surface area contributed by atoms with Gasteiger partial charge in [-0.2, -0.15) is 0 Å². The molecular formula is C16H24N2O. The molecule has 1 N–H and O–H groups in total. The summed E-state index contributed by atoms with van der Waals surface area (Å²) in [6, 6.07) is 9.94. The van der Waals surface area contributed by atoms with Crippen LogP contribution in [0.25, 0.3) is 0 Å². The van der Waals surface area contributed by atoms with E-state index in [1.165, 1.54) is 12.8 Å². The van der Waals surface area contributed by atoms with E-state index in [2.05, 4.69) is 10.2 Å². The summed E-state index contributed by atoms with van der Waals surface area (Å²) in [5, 5.41) is 3.11. The fraction of sp³-hybridized carbons (Fsp3) is 0.562. The Morgan fingerprint density at radius 1 is 1.16 bits per heavy atom. The molecule has 1 amide bonds. The van der Waals surface area contributed by atoms with Gasteiger partial charge < -0.3 is 5.32 Å². The number of hydrogen-bond acceptors (Lipinski definition) is 2. The predicted octanol–water partition coefficient (Wildman–Crippen LogP) is 2.74. The number of nitrogens with one attached hydrogen (secondary N) is 1. The van der Waals surface area contributed by atoms with E-state index in [0.717, 1.165) is 18.7 Å². The average molecular weight is 260 g/mol. The lowest BCUT2D eigenvalue weighted by molar-refractivity contribution is -0.127. The Bertz CT molecular complexity index is 416. The average Bonchev–Trinajstić information content (AvgIpc) is 2.82. The van der Waals surface area contributed by atoms with Crippen LogP contribution in [0.4, 0.5) is 0 Å². The Labute approximate surface area is 116 Å².